The Morgan fingerprint density at radius 1 is 1.18 bits per heavy atom. The van der Waals surface area contributed by atoms with E-state index in [2.05, 4.69) is 27.8 Å². The maximum Gasteiger partial charge on any atom is 0.270 e. The Bertz CT molecular complexity index is 1190. The molecule has 4 N–H and O–H groups in total. The Labute approximate surface area is 171 Å². The highest BCUT2D eigenvalue weighted by Crippen LogP contribution is 2.44. The Morgan fingerprint density at radius 3 is 2.75 bits per heavy atom. The molecule has 0 radical (unpaired) electrons. The first-order valence-corrected chi connectivity index (χ1v) is 11.0. The van der Waals surface area contributed by atoms with Gasteiger partial charge in [0.15, 0.2) is 5.69 Å². The molecule has 0 fully saturated rings. The molecule has 0 spiro atoms. The van der Waals surface area contributed by atoms with Crippen LogP contribution in [0.3, 0.4) is 0 Å². The summed E-state index contributed by atoms with van der Waals surface area (Å²) in [6, 6.07) is 12.0. The lowest BCUT2D eigenvalue weighted by Crippen LogP contribution is -2.12. The Morgan fingerprint density at radius 2 is 2.00 bits per heavy atom. The smallest absolute Gasteiger partial charge is 0.270 e. The fourth-order valence-electron chi connectivity index (χ4n) is 3.91. The number of benzene rings is 1. The van der Waals surface area contributed by atoms with Crippen LogP contribution in [0.25, 0.3) is 20.7 Å². The van der Waals surface area contributed by atoms with E-state index >= 15 is 0 Å². The van der Waals surface area contributed by atoms with Crippen molar-refractivity contribution < 1.29 is 9.78 Å². The predicted octanol–water partition coefficient (Wildman–Crippen LogP) is 5.08. The normalized spacial score (nSPS) is 13.0. The van der Waals surface area contributed by atoms with E-state index < -0.39 is 0 Å². The third-order valence-corrected chi connectivity index (χ3v) is 7.27. The van der Waals surface area contributed by atoms with Gasteiger partial charge in [-0.1, -0.05) is 35.1 Å². The number of nitrogen functional groups attached to an aromatic ring is 1. The van der Waals surface area contributed by atoms with Gasteiger partial charge in [0.25, 0.3) is 10.7 Å². The van der Waals surface area contributed by atoms with Crippen molar-refractivity contribution >= 4 is 50.2 Å². The van der Waals surface area contributed by atoms with Gasteiger partial charge < -0.3 is 11.1 Å². The van der Waals surface area contributed by atoms with Crippen LogP contribution in [0.5, 0.6) is 0 Å². The number of nitrogens with one attached hydrogen (secondary N) is 2. The number of hydrogen-bond acceptors (Lipinski definition) is 4. The Hall–Kier alpha value is -2.70. The standard InChI is InChI=1S/C22H19N3OS2/c1-12-7-9-13(10-8-12)24-21(26)20-19(23)18-17(16-6-3-11-27-16)14-4-2-5-15(14)25-22(18)28-20/h3,6-11H,2,4-5,23H2,1H3,(H,24,26)/p+1. The number of nitrogens with two attached hydrogens (primary N) is 1. The van der Waals surface area contributed by atoms with Crippen LogP contribution in [-0.2, 0) is 12.8 Å². The second-order valence-electron chi connectivity index (χ2n) is 7.16. The number of aryl methyl sites for hydroxylation is 2. The van der Waals surface area contributed by atoms with Gasteiger partial charge in [-0.15, -0.1) is 11.3 Å². The molecule has 5 rings (SSSR count). The second-order valence-corrected chi connectivity index (χ2v) is 9.13. The Kier molecular flexibility index (Phi) is 4.18. The minimum Gasteiger partial charge on any atom is -0.397 e. The van der Waals surface area contributed by atoms with Gasteiger partial charge in [-0.2, -0.15) is 4.98 Å². The summed E-state index contributed by atoms with van der Waals surface area (Å²) in [6.07, 6.45) is 3.25. The molecule has 1 aliphatic carbocycles. The van der Waals surface area contributed by atoms with E-state index in [1.165, 1.54) is 33.0 Å². The minimum atomic E-state index is -0.159. The van der Waals surface area contributed by atoms with Gasteiger partial charge in [-0.05, 0) is 43.3 Å². The highest BCUT2D eigenvalue weighted by Gasteiger charge is 2.30. The average molecular weight is 407 g/mol. The molecule has 0 unspecified atom stereocenters. The Balaban J connectivity index is 1.64. The maximum absolute atomic E-state index is 12.9. The van der Waals surface area contributed by atoms with Crippen LogP contribution in [0, 0.1) is 6.92 Å². The lowest BCUT2D eigenvalue weighted by atomic mass is 10.0. The molecule has 0 aliphatic heterocycles. The van der Waals surface area contributed by atoms with Crippen LogP contribution in [0.1, 0.15) is 32.9 Å². The molecule has 3 aromatic heterocycles. The lowest BCUT2D eigenvalue weighted by Gasteiger charge is -2.06. The topological polar surface area (TPSA) is 69.3 Å². The lowest BCUT2D eigenvalue weighted by molar-refractivity contribution is -0.353. The number of aromatic nitrogens is 1. The molecule has 28 heavy (non-hydrogen) atoms. The molecule has 4 nitrogen and oxygen atoms in total. The summed E-state index contributed by atoms with van der Waals surface area (Å²) in [5, 5.41) is 6.06. The van der Waals surface area contributed by atoms with E-state index in [-0.39, 0.29) is 5.91 Å². The third kappa shape index (κ3) is 2.80. The molecule has 4 aromatic rings. The van der Waals surface area contributed by atoms with Crippen LogP contribution < -0.4 is 16.0 Å². The number of pyridine rings is 1. The number of hydrogen-bond donors (Lipinski definition) is 2. The van der Waals surface area contributed by atoms with Crippen LogP contribution in [-0.4, -0.2) is 5.91 Å². The van der Waals surface area contributed by atoms with Crippen molar-refractivity contribution in [3.63, 3.8) is 0 Å². The largest absolute Gasteiger partial charge is 0.397 e. The van der Waals surface area contributed by atoms with Crippen LogP contribution in [0.4, 0.5) is 11.4 Å². The SMILES string of the molecule is Cc1ccc(NC(=O)c2sc3[nH+]c4c(c(-c5cccs5)c3c2N)CCC4)cc1. The highest BCUT2D eigenvalue weighted by atomic mass is 32.1. The average Bonchev–Trinajstić information content (AvgIpc) is 3.42. The first-order valence-electron chi connectivity index (χ1n) is 9.32. The summed E-state index contributed by atoms with van der Waals surface area (Å²) in [5.74, 6) is -0.159. The number of carbonyl (C=O) groups excluding carboxylic acids is 1. The van der Waals surface area contributed by atoms with E-state index in [9.17, 15) is 4.79 Å². The number of aromatic amines is 1. The number of carbonyl (C=O) groups is 1. The van der Waals surface area contributed by atoms with Crippen molar-refractivity contribution in [1.82, 2.24) is 0 Å². The molecule has 0 bridgehead atoms. The van der Waals surface area contributed by atoms with Gasteiger partial charge in [-0.25, -0.2) is 0 Å². The maximum atomic E-state index is 12.9. The summed E-state index contributed by atoms with van der Waals surface area (Å²) >= 11 is 3.17. The van der Waals surface area contributed by atoms with E-state index in [0.717, 1.165) is 40.7 Å². The molecular formula is C22H20N3OS2+. The second kappa shape index (κ2) is 6.72. The summed E-state index contributed by atoms with van der Waals surface area (Å²) in [6.45, 7) is 2.02. The van der Waals surface area contributed by atoms with E-state index in [1.807, 2.05) is 31.2 Å². The van der Waals surface area contributed by atoms with Crippen molar-refractivity contribution in [2.24, 2.45) is 0 Å². The number of amides is 1. The fraction of sp³-hybridized carbons (Fsp3) is 0.182. The van der Waals surface area contributed by atoms with Crippen molar-refractivity contribution in [3.05, 3.63) is 63.5 Å². The van der Waals surface area contributed by atoms with Gasteiger partial charge in [-0.3, -0.25) is 4.79 Å². The van der Waals surface area contributed by atoms with Crippen LogP contribution >= 0.6 is 22.7 Å². The quantitative estimate of drug-likeness (QED) is 0.498. The molecule has 0 saturated carbocycles. The van der Waals surface area contributed by atoms with Gasteiger partial charge in [0.1, 0.15) is 4.88 Å². The summed E-state index contributed by atoms with van der Waals surface area (Å²) in [7, 11) is 0. The molecule has 1 amide bonds. The fourth-order valence-corrected chi connectivity index (χ4v) is 5.76. The minimum absolute atomic E-state index is 0.159. The first-order chi connectivity index (χ1) is 13.6. The molecular weight excluding hydrogens is 386 g/mol. The zero-order chi connectivity index (χ0) is 19.3. The predicted molar refractivity (Wildman–Crippen MR) is 117 cm³/mol. The number of H-pyrrole nitrogens is 1. The van der Waals surface area contributed by atoms with E-state index in [4.69, 9.17) is 5.73 Å². The van der Waals surface area contributed by atoms with Gasteiger partial charge >= 0.3 is 0 Å². The zero-order valence-electron chi connectivity index (χ0n) is 15.5. The van der Waals surface area contributed by atoms with Crippen molar-refractivity contribution in [1.29, 1.82) is 0 Å². The molecule has 6 heteroatoms. The summed E-state index contributed by atoms with van der Waals surface area (Å²) in [4.78, 5) is 19.3. The zero-order valence-corrected chi connectivity index (χ0v) is 17.1. The van der Waals surface area contributed by atoms with Crippen molar-refractivity contribution in [2.75, 3.05) is 11.1 Å². The molecule has 140 valence electrons. The van der Waals surface area contributed by atoms with E-state index in [0.29, 0.717) is 10.6 Å². The number of fused-ring (bicyclic) bond motifs is 2. The molecule has 0 atom stereocenters. The molecule has 1 aromatic carbocycles. The third-order valence-electron chi connectivity index (χ3n) is 5.26. The highest BCUT2D eigenvalue weighted by molar-refractivity contribution is 7.21. The van der Waals surface area contributed by atoms with Crippen LogP contribution in [0.2, 0.25) is 0 Å². The molecule has 0 saturated heterocycles. The van der Waals surface area contributed by atoms with Gasteiger partial charge in [0.2, 0.25) is 0 Å². The summed E-state index contributed by atoms with van der Waals surface area (Å²) in [5.41, 5.74) is 12.9. The number of anilines is 2. The monoisotopic (exact) mass is 406 g/mol. The molecule has 1 aliphatic rings. The summed E-state index contributed by atoms with van der Waals surface area (Å²) < 4.78 is 0. The molecule has 3 heterocycles. The van der Waals surface area contributed by atoms with Crippen LogP contribution in [0.15, 0.2) is 41.8 Å². The van der Waals surface area contributed by atoms with Gasteiger partial charge in [0.05, 0.1) is 11.1 Å². The van der Waals surface area contributed by atoms with E-state index in [1.54, 1.807) is 11.3 Å². The van der Waals surface area contributed by atoms with Gasteiger partial charge in [0, 0.05) is 28.1 Å². The first kappa shape index (κ1) is 17.4. The number of rotatable bonds is 3. The van der Waals surface area contributed by atoms with Crippen molar-refractivity contribution in [2.45, 2.75) is 26.2 Å². The van der Waals surface area contributed by atoms with Crippen molar-refractivity contribution in [3.8, 4) is 10.4 Å². The number of thiophene rings is 2.